The van der Waals surface area contributed by atoms with E-state index in [1.165, 1.54) is 0 Å². The lowest BCUT2D eigenvalue weighted by molar-refractivity contribution is -0.136. The number of methoxy groups -OCH3 is 1. The summed E-state index contributed by atoms with van der Waals surface area (Å²) >= 11 is 0. The summed E-state index contributed by atoms with van der Waals surface area (Å²) in [5.41, 5.74) is 6.49. The zero-order valence-electron chi connectivity index (χ0n) is 18.5. The fourth-order valence-electron chi connectivity index (χ4n) is 4.66. The van der Waals surface area contributed by atoms with Crippen LogP contribution in [0.3, 0.4) is 0 Å². The second-order valence-corrected chi connectivity index (χ2v) is 8.43. The molecule has 3 heterocycles. The summed E-state index contributed by atoms with van der Waals surface area (Å²) in [6, 6.07) is 13.3. The fraction of sp³-hybridized carbons (Fsp3) is 0.280. The Bertz CT molecular complexity index is 1260. The molecule has 5 rings (SSSR count). The van der Waals surface area contributed by atoms with Gasteiger partial charge in [-0.25, -0.2) is 0 Å². The fourth-order valence-corrected chi connectivity index (χ4v) is 4.66. The molecule has 0 spiro atoms. The van der Waals surface area contributed by atoms with Crippen LogP contribution in [0.1, 0.15) is 34.3 Å². The van der Waals surface area contributed by atoms with Gasteiger partial charge in [0.2, 0.25) is 11.8 Å². The molecule has 2 aromatic carbocycles. The number of aryl methyl sites for hydroxylation is 1. The van der Waals surface area contributed by atoms with Crippen LogP contribution in [0, 0.1) is 0 Å². The molecule has 1 saturated heterocycles. The molecule has 168 valence electrons. The smallest absolute Gasteiger partial charge is 0.255 e. The van der Waals surface area contributed by atoms with E-state index in [1.807, 2.05) is 48.3 Å². The SMILES string of the molecule is COCc1ccc(-c2c(-c3ccc4c(c3)CN(C3CCC(=O)NC3=O)C4=O)cnn2C)cc1. The summed E-state index contributed by atoms with van der Waals surface area (Å²) in [5.74, 6) is -0.868. The van der Waals surface area contributed by atoms with Gasteiger partial charge in [0, 0.05) is 43.8 Å². The molecule has 0 saturated carbocycles. The summed E-state index contributed by atoms with van der Waals surface area (Å²) in [4.78, 5) is 38.3. The number of imide groups is 1. The first-order valence-corrected chi connectivity index (χ1v) is 10.8. The third kappa shape index (κ3) is 3.72. The normalized spacial score (nSPS) is 17.9. The van der Waals surface area contributed by atoms with Crippen LogP contribution in [0.15, 0.2) is 48.7 Å². The van der Waals surface area contributed by atoms with Crippen LogP contribution in [-0.4, -0.2) is 45.6 Å². The summed E-state index contributed by atoms with van der Waals surface area (Å²) in [6.45, 7) is 0.899. The summed E-state index contributed by atoms with van der Waals surface area (Å²) < 4.78 is 7.04. The Hall–Kier alpha value is -3.78. The number of piperidine rings is 1. The molecule has 0 aliphatic carbocycles. The molecule has 8 heteroatoms. The first kappa shape index (κ1) is 21.1. The van der Waals surface area contributed by atoms with Gasteiger partial charge in [-0.2, -0.15) is 5.10 Å². The average molecular weight is 444 g/mol. The van der Waals surface area contributed by atoms with Crippen LogP contribution in [0.4, 0.5) is 0 Å². The van der Waals surface area contributed by atoms with Gasteiger partial charge in [-0.3, -0.25) is 24.4 Å². The highest BCUT2D eigenvalue weighted by Crippen LogP contribution is 2.35. The van der Waals surface area contributed by atoms with Crippen molar-refractivity contribution in [2.24, 2.45) is 7.05 Å². The van der Waals surface area contributed by atoms with Crippen molar-refractivity contribution in [3.05, 3.63) is 65.4 Å². The van der Waals surface area contributed by atoms with Crippen LogP contribution in [0.5, 0.6) is 0 Å². The number of nitrogens with one attached hydrogen (secondary N) is 1. The molecule has 1 N–H and O–H groups in total. The van der Waals surface area contributed by atoms with Gasteiger partial charge in [-0.05, 0) is 35.2 Å². The molecule has 1 aromatic heterocycles. The van der Waals surface area contributed by atoms with E-state index in [4.69, 9.17) is 4.74 Å². The van der Waals surface area contributed by atoms with Crippen LogP contribution in [0.2, 0.25) is 0 Å². The second kappa shape index (κ2) is 8.29. The number of carbonyl (C=O) groups is 3. The van der Waals surface area contributed by atoms with Crippen molar-refractivity contribution in [1.82, 2.24) is 20.0 Å². The van der Waals surface area contributed by atoms with E-state index in [2.05, 4.69) is 22.5 Å². The Labute approximate surface area is 191 Å². The van der Waals surface area contributed by atoms with Gasteiger partial charge >= 0.3 is 0 Å². The molecular formula is C25H24N4O4. The topological polar surface area (TPSA) is 93.5 Å². The maximum Gasteiger partial charge on any atom is 0.255 e. The number of hydrogen-bond donors (Lipinski definition) is 1. The second-order valence-electron chi connectivity index (χ2n) is 8.43. The third-order valence-electron chi connectivity index (χ3n) is 6.31. The monoisotopic (exact) mass is 444 g/mol. The Morgan fingerprint density at radius 2 is 1.82 bits per heavy atom. The van der Waals surface area contributed by atoms with E-state index in [0.29, 0.717) is 25.1 Å². The largest absolute Gasteiger partial charge is 0.380 e. The minimum absolute atomic E-state index is 0.175. The van der Waals surface area contributed by atoms with E-state index < -0.39 is 11.9 Å². The van der Waals surface area contributed by atoms with Crippen molar-refractivity contribution >= 4 is 17.7 Å². The van der Waals surface area contributed by atoms with E-state index >= 15 is 0 Å². The third-order valence-corrected chi connectivity index (χ3v) is 6.31. The van der Waals surface area contributed by atoms with Gasteiger partial charge in [-0.15, -0.1) is 0 Å². The lowest BCUT2D eigenvalue weighted by Crippen LogP contribution is -2.52. The minimum atomic E-state index is -0.620. The van der Waals surface area contributed by atoms with Crippen molar-refractivity contribution in [3.8, 4) is 22.4 Å². The van der Waals surface area contributed by atoms with Gasteiger partial charge in [0.1, 0.15) is 6.04 Å². The van der Waals surface area contributed by atoms with Crippen LogP contribution >= 0.6 is 0 Å². The lowest BCUT2D eigenvalue weighted by Gasteiger charge is -2.29. The van der Waals surface area contributed by atoms with Crippen molar-refractivity contribution in [3.63, 3.8) is 0 Å². The van der Waals surface area contributed by atoms with Gasteiger partial charge in [0.15, 0.2) is 0 Å². The number of nitrogens with zero attached hydrogens (tertiary/aromatic N) is 3. The van der Waals surface area contributed by atoms with Gasteiger partial charge in [-0.1, -0.05) is 30.3 Å². The van der Waals surface area contributed by atoms with Crippen molar-refractivity contribution in [2.75, 3.05) is 7.11 Å². The maximum atomic E-state index is 13.0. The predicted octanol–water partition coefficient (Wildman–Crippen LogP) is 2.66. The molecular weight excluding hydrogens is 420 g/mol. The molecule has 3 amide bonds. The molecule has 3 aromatic rings. The molecule has 0 bridgehead atoms. The maximum absolute atomic E-state index is 13.0. The van der Waals surface area contributed by atoms with Crippen LogP contribution in [0.25, 0.3) is 22.4 Å². The zero-order valence-corrected chi connectivity index (χ0v) is 18.5. The van der Waals surface area contributed by atoms with Crippen LogP contribution < -0.4 is 5.32 Å². The number of hydrogen-bond acceptors (Lipinski definition) is 5. The molecule has 1 atom stereocenters. The van der Waals surface area contributed by atoms with Crippen molar-refractivity contribution in [1.29, 1.82) is 0 Å². The Morgan fingerprint density at radius 1 is 1.06 bits per heavy atom. The van der Waals surface area contributed by atoms with E-state index in [0.717, 1.165) is 33.5 Å². The molecule has 33 heavy (non-hydrogen) atoms. The number of rotatable bonds is 5. The Morgan fingerprint density at radius 3 is 2.55 bits per heavy atom. The highest BCUT2D eigenvalue weighted by atomic mass is 16.5. The highest BCUT2D eigenvalue weighted by Gasteiger charge is 2.39. The average Bonchev–Trinajstić information content (AvgIpc) is 3.34. The number of amides is 3. The molecule has 2 aliphatic heterocycles. The van der Waals surface area contributed by atoms with E-state index in [1.54, 1.807) is 12.0 Å². The summed E-state index contributed by atoms with van der Waals surface area (Å²) in [5, 5.41) is 6.81. The number of carbonyl (C=O) groups excluding carboxylic acids is 3. The number of fused-ring (bicyclic) bond motifs is 1. The first-order chi connectivity index (χ1) is 16.0. The van der Waals surface area contributed by atoms with E-state index in [9.17, 15) is 14.4 Å². The molecule has 2 aliphatic rings. The molecule has 8 nitrogen and oxygen atoms in total. The van der Waals surface area contributed by atoms with Crippen molar-refractivity contribution < 1.29 is 19.1 Å². The molecule has 1 fully saturated rings. The summed E-state index contributed by atoms with van der Waals surface area (Å²) in [6.07, 6.45) is 2.42. The highest BCUT2D eigenvalue weighted by molar-refractivity contribution is 6.05. The van der Waals surface area contributed by atoms with Crippen LogP contribution in [-0.2, 0) is 34.5 Å². The first-order valence-electron chi connectivity index (χ1n) is 10.8. The quantitative estimate of drug-likeness (QED) is 0.611. The minimum Gasteiger partial charge on any atom is -0.380 e. The predicted molar refractivity (Wildman–Crippen MR) is 121 cm³/mol. The molecule has 1 unspecified atom stereocenters. The number of benzene rings is 2. The van der Waals surface area contributed by atoms with Gasteiger partial charge < -0.3 is 9.64 Å². The Kier molecular flexibility index (Phi) is 5.30. The number of ether oxygens (including phenoxy) is 1. The molecule has 0 radical (unpaired) electrons. The van der Waals surface area contributed by atoms with Gasteiger partial charge in [0.05, 0.1) is 18.5 Å². The standard InChI is InChI=1S/C25H24N4O4/c1-28-23(16-5-3-15(4-6-16)14-33-2)20(12-26-28)17-7-8-19-18(11-17)13-29(25(19)32)21-9-10-22(30)27-24(21)31/h3-8,11-12,21H,9-10,13-14H2,1-2H3,(H,27,30,31). The van der Waals surface area contributed by atoms with E-state index in [-0.39, 0.29) is 18.2 Å². The van der Waals surface area contributed by atoms with Gasteiger partial charge in [0.25, 0.3) is 5.91 Å². The summed E-state index contributed by atoms with van der Waals surface area (Å²) in [7, 11) is 3.58. The zero-order chi connectivity index (χ0) is 23.1. The Balaban J connectivity index is 1.46. The number of aromatic nitrogens is 2. The van der Waals surface area contributed by atoms with Crippen molar-refractivity contribution in [2.45, 2.75) is 32.0 Å². The lowest BCUT2D eigenvalue weighted by atomic mass is 9.97.